The van der Waals surface area contributed by atoms with Crippen LogP contribution in [0.15, 0.2) is 78.9 Å². The van der Waals surface area contributed by atoms with Crippen molar-refractivity contribution in [1.82, 2.24) is 20.3 Å². The van der Waals surface area contributed by atoms with E-state index in [-0.39, 0.29) is 35.3 Å². The first-order valence-electron chi connectivity index (χ1n) is 14.3. The number of aromatic nitrogens is 3. The number of anilines is 3. The number of hydrogen-bond acceptors (Lipinski definition) is 11. The SMILES string of the molecule is CC(=O)CCCOCCOCCNc1nc(Nc2ccc(O)cc2)nc(Oc2ccc(C(=O)NCc3ccccc3)cc2)n1. The predicted molar refractivity (Wildman–Crippen MR) is 165 cm³/mol. The molecule has 12 heteroatoms. The van der Waals surface area contributed by atoms with Crippen LogP contribution < -0.4 is 20.7 Å². The first-order chi connectivity index (χ1) is 21.4. The van der Waals surface area contributed by atoms with E-state index in [2.05, 4.69) is 30.9 Å². The van der Waals surface area contributed by atoms with Gasteiger partial charge in [-0.15, -0.1) is 0 Å². The Morgan fingerprint density at radius 3 is 2.23 bits per heavy atom. The van der Waals surface area contributed by atoms with E-state index in [0.29, 0.717) is 69.4 Å². The van der Waals surface area contributed by atoms with Gasteiger partial charge in [0.2, 0.25) is 11.9 Å². The zero-order valence-corrected chi connectivity index (χ0v) is 24.5. The zero-order chi connectivity index (χ0) is 31.0. The molecule has 0 aliphatic heterocycles. The highest BCUT2D eigenvalue weighted by Crippen LogP contribution is 2.23. The smallest absolute Gasteiger partial charge is 0.328 e. The Morgan fingerprint density at radius 2 is 1.50 bits per heavy atom. The number of Topliss-reactive ketones (excluding diaryl/α,β-unsaturated/α-hetero) is 1. The molecule has 44 heavy (non-hydrogen) atoms. The van der Waals surface area contributed by atoms with E-state index in [4.69, 9.17) is 14.2 Å². The van der Waals surface area contributed by atoms with Crippen molar-refractivity contribution in [1.29, 1.82) is 0 Å². The van der Waals surface area contributed by atoms with Crippen LogP contribution in [0.2, 0.25) is 0 Å². The van der Waals surface area contributed by atoms with Crippen molar-refractivity contribution >= 4 is 29.3 Å². The van der Waals surface area contributed by atoms with Gasteiger partial charge in [0.05, 0.1) is 19.8 Å². The molecule has 0 atom stereocenters. The number of carbonyl (C=O) groups excluding carboxylic acids is 2. The Balaban J connectivity index is 1.32. The Bertz CT molecular complexity index is 1470. The number of rotatable bonds is 18. The number of aromatic hydroxyl groups is 1. The maximum Gasteiger partial charge on any atom is 0.328 e. The highest BCUT2D eigenvalue weighted by Gasteiger charge is 2.11. The number of ketones is 1. The van der Waals surface area contributed by atoms with Crippen molar-refractivity contribution < 1.29 is 28.9 Å². The minimum atomic E-state index is -0.200. The second-order valence-corrected chi connectivity index (χ2v) is 9.69. The number of nitrogens with zero attached hydrogens (tertiary/aromatic N) is 3. The van der Waals surface area contributed by atoms with Crippen molar-refractivity contribution in [2.75, 3.05) is 43.6 Å². The molecule has 1 amide bonds. The Hall–Kier alpha value is -5.07. The van der Waals surface area contributed by atoms with Gasteiger partial charge in [0.25, 0.3) is 5.91 Å². The van der Waals surface area contributed by atoms with E-state index in [9.17, 15) is 14.7 Å². The molecule has 4 aromatic rings. The molecule has 1 aromatic heterocycles. The molecular weight excluding hydrogens is 564 g/mol. The van der Waals surface area contributed by atoms with Crippen molar-refractivity contribution in [3.63, 3.8) is 0 Å². The largest absolute Gasteiger partial charge is 0.508 e. The van der Waals surface area contributed by atoms with Crippen molar-refractivity contribution in [3.05, 3.63) is 90.0 Å². The Morgan fingerprint density at radius 1 is 0.795 bits per heavy atom. The van der Waals surface area contributed by atoms with Crippen LogP contribution in [0.5, 0.6) is 17.5 Å². The molecule has 3 aromatic carbocycles. The minimum Gasteiger partial charge on any atom is -0.508 e. The summed E-state index contributed by atoms with van der Waals surface area (Å²) in [6.45, 7) is 4.17. The topological polar surface area (TPSA) is 157 Å². The molecule has 0 unspecified atom stereocenters. The Kier molecular flexibility index (Phi) is 12.4. The standard InChI is InChI=1S/C32H36N6O6/c1-23(39)6-5-18-42-20-21-43-19-17-33-30-36-31(35-26-11-13-27(40)14-12-26)38-32(37-30)44-28-15-9-25(10-16-28)29(41)34-22-24-7-3-2-4-8-24/h2-4,7-16,40H,5-6,17-22H2,1H3,(H,34,41)(H2,33,35,36,37,38). The average molecular weight is 601 g/mol. The van der Waals surface area contributed by atoms with Gasteiger partial charge in [0, 0.05) is 37.4 Å². The van der Waals surface area contributed by atoms with Gasteiger partial charge in [0.1, 0.15) is 17.3 Å². The summed E-state index contributed by atoms with van der Waals surface area (Å²) in [5.74, 6) is 1.01. The third-order valence-corrected chi connectivity index (χ3v) is 6.08. The third kappa shape index (κ3) is 11.3. The zero-order valence-electron chi connectivity index (χ0n) is 24.5. The average Bonchev–Trinajstić information content (AvgIpc) is 3.02. The number of phenols is 1. The summed E-state index contributed by atoms with van der Waals surface area (Å²) in [7, 11) is 0. The number of benzene rings is 3. The molecule has 0 spiro atoms. The minimum absolute atomic E-state index is 0.0323. The molecule has 0 saturated carbocycles. The van der Waals surface area contributed by atoms with Gasteiger partial charge in [-0.05, 0) is 67.4 Å². The van der Waals surface area contributed by atoms with Crippen LogP contribution in [0.25, 0.3) is 0 Å². The monoisotopic (exact) mass is 600 g/mol. The van der Waals surface area contributed by atoms with E-state index >= 15 is 0 Å². The molecule has 4 rings (SSSR count). The highest BCUT2D eigenvalue weighted by molar-refractivity contribution is 5.94. The summed E-state index contributed by atoms with van der Waals surface area (Å²) < 4.78 is 17.0. The summed E-state index contributed by atoms with van der Waals surface area (Å²) in [5, 5.41) is 18.7. The molecular formula is C32H36N6O6. The second-order valence-electron chi connectivity index (χ2n) is 9.69. The fourth-order valence-corrected chi connectivity index (χ4v) is 3.85. The summed E-state index contributed by atoms with van der Waals surface area (Å²) in [5.41, 5.74) is 2.15. The van der Waals surface area contributed by atoms with Crippen LogP contribution in [0, 0.1) is 0 Å². The van der Waals surface area contributed by atoms with Crippen LogP contribution in [-0.4, -0.2) is 64.7 Å². The lowest BCUT2D eigenvalue weighted by Gasteiger charge is -2.11. The Labute approximate surface area is 255 Å². The number of ether oxygens (including phenoxy) is 3. The quantitative estimate of drug-likeness (QED) is 0.0914. The number of nitrogens with one attached hydrogen (secondary N) is 3. The van der Waals surface area contributed by atoms with Gasteiger partial charge >= 0.3 is 6.01 Å². The number of hydrogen-bond donors (Lipinski definition) is 4. The van der Waals surface area contributed by atoms with Gasteiger partial charge in [-0.3, -0.25) is 4.79 Å². The van der Waals surface area contributed by atoms with Crippen LogP contribution in [0.1, 0.15) is 35.7 Å². The molecule has 12 nitrogen and oxygen atoms in total. The lowest BCUT2D eigenvalue weighted by atomic mass is 10.2. The predicted octanol–water partition coefficient (Wildman–Crippen LogP) is 4.86. The summed E-state index contributed by atoms with van der Waals surface area (Å²) in [6.07, 6.45) is 1.22. The van der Waals surface area contributed by atoms with Gasteiger partial charge in [-0.2, -0.15) is 15.0 Å². The first kappa shape index (κ1) is 31.9. The van der Waals surface area contributed by atoms with Crippen molar-refractivity contribution in [2.24, 2.45) is 0 Å². The molecule has 0 saturated heterocycles. The fraction of sp³-hybridized carbons (Fsp3) is 0.281. The van der Waals surface area contributed by atoms with Crippen LogP contribution in [0.3, 0.4) is 0 Å². The molecule has 230 valence electrons. The molecule has 0 aliphatic rings. The lowest BCUT2D eigenvalue weighted by Crippen LogP contribution is -2.22. The summed E-state index contributed by atoms with van der Waals surface area (Å²) >= 11 is 0. The van der Waals surface area contributed by atoms with Gasteiger partial charge in [0.15, 0.2) is 0 Å². The molecule has 0 aliphatic carbocycles. The second kappa shape index (κ2) is 17.1. The van der Waals surface area contributed by atoms with Crippen molar-refractivity contribution in [2.45, 2.75) is 26.3 Å². The number of carbonyl (C=O) groups is 2. The first-order valence-corrected chi connectivity index (χ1v) is 14.3. The maximum atomic E-state index is 12.6. The van der Waals surface area contributed by atoms with Crippen LogP contribution in [-0.2, 0) is 20.8 Å². The normalized spacial score (nSPS) is 10.7. The van der Waals surface area contributed by atoms with Gasteiger partial charge in [-0.25, -0.2) is 0 Å². The van der Waals surface area contributed by atoms with Crippen LogP contribution >= 0.6 is 0 Å². The molecule has 0 fully saturated rings. The maximum absolute atomic E-state index is 12.6. The van der Waals surface area contributed by atoms with E-state index in [0.717, 1.165) is 5.56 Å². The number of amides is 1. The van der Waals surface area contributed by atoms with E-state index < -0.39 is 0 Å². The fourth-order valence-electron chi connectivity index (χ4n) is 3.85. The lowest BCUT2D eigenvalue weighted by molar-refractivity contribution is -0.117. The van der Waals surface area contributed by atoms with E-state index in [1.807, 2.05) is 30.3 Å². The van der Waals surface area contributed by atoms with Crippen LogP contribution in [0.4, 0.5) is 17.6 Å². The van der Waals surface area contributed by atoms with Gasteiger partial charge < -0.3 is 40.1 Å². The molecule has 4 N–H and O–H groups in total. The highest BCUT2D eigenvalue weighted by atomic mass is 16.5. The molecule has 0 bridgehead atoms. The summed E-state index contributed by atoms with van der Waals surface area (Å²) in [4.78, 5) is 36.7. The third-order valence-electron chi connectivity index (χ3n) is 6.08. The van der Waals surface area contributed by atoms with Crippen molar-refractivity contribution in [3.8, 4) is 17.5 Å². The van der Waals surface area contributed by atoms with E-state index in [1.165, 1.54) is 0 Å². The number of phenolic OH excluding ortho intramolecular Hbond substituents is 1. The summed E-state index contributed by atoms with van der Waals surface area (Å²) in [6, 6.07) is 22.8. The van der Waals surface area contributed by atoms with Gasteiger partial charge in [-0.1, -0.05) is 30.3 Å². The van der Waals surface area contributed by atoms with E-state index in [1.54, 1.807) is 55.5 Å². The molecule has 0 radical (unpaired) electrons. The molecule has 1 heterocycles.